The van der Waals surface area contributed by atoms with Gasteiger partial charge in [0.1, 0.15) is 5.78 Å². The molecule has 166 valence electrons. The SMILES string of the molecule is CC12CC=C3C=C4CC(O)CCC4CC[C@]3(O)C1CC(=O)C2c1ccc2ccncc2c1. The third-order valence-electron chi connectivity index (χ3n) is 9.08. The number of fused-ring (bicyclic) bond motifs is 5. The number of carbonyl (C=O) groups is 1. The van der Waals surface area contributed by atoms with Crippen molar-refractivity contribution in [3.8, 4) is 0 Å². The van der Waals surface area contributed by atoms with E-state index >= 15 is 0 Å². The lowest BCUT2D eigenvalue weighted by molar-refractivity contribution is -0.119. The molecule has 0 radical (unpaired) electrons. The summed E-state index contributed by atoms with van der Waals surface area (Å²) in [4.78, 5) is 17.7. The predicted molar refractivity (Wildman–Crippen MR) is 124 cm³/mol. The number of aromatic nitrogens is 1. The number of nitrogens with zero attached hydrogens (tertiary/aromatic N) is 1. The van der Waals surface area contributed by atoms with Crippen LogP contribution in [0, 0.1) is 17.3 Å². The number of carbonyl (C=O) groups excluding carboxylic acids is 1. The van der Waals surface area contributed by atoms with Gasteiger partial charge in [0, 0.05) is 36.0 Å². The van der Waals surface area contributed by atoms with Crippen LogP contribution in [0.2, 0.25) is 0 Å². The van der Waals surface area contributed by atoms with Gasteiger partial charge in [-0.15, -0.1) is 0 Å². The summed E-state index contributed by atoms with van der Waals surface area (Å²) < 4.78 is 0. The molecule has 2 saturated carbocycles. The van der Waals surface area contributed by atoms with Gasteiger partial charge in [-0.3, -0.25) is 9.78 Å². The number of aliphatic hydroxyl groups is 2. The molecule has 1 heterocycles. The van der Waals surface area contributed by atoms with Gasteiger partial charge in [-0.1, -0.05) is 36.8 Å². The zero-order valence-electron chi connectivity index (χ0n) is 18.6. The highest BCUT2D eigenvalue weighted by molar-refractivity contribution is 5.92. The molecule has 0 aliphatic heterocycles. The van der Waals surface area contributed by atoms with Crippen LogP contribution < -0.4 is 0 Å². The van der Waals surface area contributed by atoms with Gasteiger partial charge in [0.05, 0.1) is 11.7 Å². The molecule has 5 unspecified atom stereocenters. The number of aliphatic hydroxyl groups excluding tert-OH is 1. The number of Topliss-reactive ketones (excluding diaryl/α,β-unsaturated/α-hetero) is 1. The summed E-state index contributed by atoms with van der Waals surface area (Å²) >= 11 is 0. The Morgan fingerprint density at radius 2 is 1.97 bits per heavy atom. The summed E-state index contributed by atoms with van der Waals surface area (Å²) in [6.07, 6.45) is 13.2. The van der Waals surface area contributed by atoms with Crippen LogP contribution in [-0.4, -0.2) is 32.7 Å². The van der Waals surface area contributed by atoms with E-state index in [4.69, 9.17) is 0 Å². The van der Waals surface area contributed by atoms with Crippen LogP contribution in [-0.2, 0) is 4.79 Å². The van der Waals surface area contributed by atoms with Crippen molar-refractivity contribution >= 4 is 16.6 Å². The highest BCUT2D eigenvalue weighted by Gasteiger charge is 2.61. The maximum Gasteiger partial charge on any atom is 0.141 e. The summed E-state index contributed by atoms with van der Waals surface area (Å²) in [5.41, 5.74) is 2.05. The van der Waals surface area contributed by atoms with Crippen molar-refractivity contribution < 1.29 is 15.0 Å². The molecular weight excluding hydrogens is 398 g/mol. The number of ketones is 1. The molecule has 1 aromatic heterocycles. The van der Waals surface area contributed by atoms with Crippen LogP contribution >= 0.6 is 0 Å². The topological polar surface area (TPSA) is 70.4 Å². The highest BCUT2D eigenvalue weighted by Crippen LogP contribution is 2.62. The quantitative estimate of drug-likeness (QED) is 0.679. The first kappa shape index (κ1) is 20.3. The lowest BCUT2D eigenvalue weighted by atomic mass is 9.58. The van der Waals surface area contributed by atoms with Crippen LogP contribution in [0.5, 0.6) is 0 Å². The van der Waals surface area contributed by atoms with Crippen molar-refractivity contribution in [2.75, 3.05) is 0 Å². The van der Waals surface area contributed by atoms with E-state index in [0.29, 0.717) is 25.2 Å². The number of hydrogen-bond donors (Lipinski definition) is 2. The first-order chi connectivity index (χ1) is 15.4. The average Bonchev–Trinajstić information content (AvgIpc) is 2.97. The standard InChI is InChI=1S/C28H31NO3/c1-27-9-7-22-13-20-14-23(30)5-4-17(20)6-10-28(22,32)25(27)15-24(31)26(27)19-3-2-18-8-11-29-16-21(18)12-19/h2-3,7-8,11-13,16-17,23,25-26,30,32H,4-6,9-10,14-15H2,1H3/t17?,23?,25?,26?,27?,28-/m1/s1. The van der Waals surface area contributed by atoms with Crippen molar-refractivity contribution in [1.29, 1.82) is 0 Å². The third-order valence-corrected chi connectivity index (χ3v) is 9.08. The van der Waals surface area contributed by atoms with Gasteiger partial charge in [-0.25, -0.2) is 0 Å². The molecule has 2 aromatic rings. The first-order valence-electron chi connectivity index (χ1n) is 12.1. The normalized spacial score (nSPS) is 38.9. The van der Waals surface area contributed by atoms with Crippen LogP contribution in [0.25, 0.3) is 10.8 Å². The second-order valence-electron chi connectivity index (χ2n) is 10.8. The van der Waals surface area contributed by atoms with Crippen LogP contribution in [0.15, 0.2) is 60.0 Å². The Balaban J connectivity index is 1.41. The molecule has 4 aliphatic rings. The van der Waals surface area contributed by atoms with Gasteiger partial charge in [0.15, 0.2) is 0 Å². The van der Waals surface area contributed by atoms with Gasteiger partial charge in [-0.05, 0) is 78.5 Å². The molecule has 0 bridgehead atoms. The highest BCUT2D eigenvalue weighted by atomic mass is 16.3. The van der Waals surface area contributed by atoms with E-state index in [9.17, 15) is 15.0 Å². The molecule has 4 aliphatic carbocycles. The molecule has 0 saturated heterocycles. The Labute approximate surface area is 189 Å². The number of pyridine rings is 1. The summed E-state index contributed by atoms with van der Waals surface area (Å²) in [5.74, 6) is 0.396. The van der Waals surface area contributed by atoms with E-state index in [1.54, 1.807) is 6.20 Å². The maximum absolute atomic E-state index is 13.5. The lowest BCUT2D eigenvalue weighted by Crippen LogP contribution is -2.49. The molecular formula is C28H31NO3. The fraction of sp³-hybridized carbons (Fsp3) is 0.500. The van der Waals surface area contributed by atoms with Crippen LogP contribution in [0.4, 0.5) is 0 Å². The fourth-order valence-electron chi connectivity index (χ4n) is 7.38. The van der Waals surface area contributed by atoms with E-state index < -0.39 is 5.60 Å². The molecule has 0 spiro atoms. The smallest absolute Gasteiger partial charge is 0.141 e. The van der Waals surface area contributed by atoms with Crippen molar-refractivity contribution in [3.63, 3.8) is 0 Å². The Morgan fingerprint density at radius 3 is 2.84 bits per heavy atom. The number of rotatable bonds is 1. The van der Waals surface area contributed by atoms with Crippen molar-refractivity contribution in [3.05, 3.63) is 65.5 Å². The summed E-state index contributed by atoms with van der Waals surface area (Å²) in [7, 11) is 0. The zero-order valence-corrected chi connectivity index (χ0v) is 18.6. The summed E-state index contributed by atoms with van der Waals surface area (Å²) in [6.45, 7) is 2.21. The maximum atomic E-state index is 13.5. The van der Waals surface area contributed by atoms with Gasteiger partial charge in [-0.2, -0.15) is 0 Å². The molecule has 2 N–H and O–H groups in total. The van der Waals surface area contributed by atoms with Gasteiger partial charge >= 0.3 is 0 Å². The van der Waals surface area contributed by atoms with E-state index in [-0.39, 0.29) is 29.1 Å². The van der Waals surface area contributed by atoms with Crippen molar-refractivity contribution in [2.24, 2.45) is 17.3 Å². The molecule has 2 fully saturated rings. The zero-order chi connectivity index (χ0) is 22.1. The average molecular weight is 430 g/mol. The predicted octanol–water partition coefficient (Wildman–Crippen LogP) is 4.86. The fourth-order valence-corrected chi connectivity index (χ4v) is 7.38. The Kier molecular flexibility index (Phi) is 4.51. The van der Waals surface area contributed by atoms with E-state index in [1.165, 1.54) is 5.57 Å². The van der Waals surface area contributed by atoms with Gasteiger partial charge in [0.2, 0.25) is 0 Å². The minimum atomic E-state index is -0.967. The number of hydrogen-bond acceptors (Lipinski definition) is 4. The van der Waals surface area contributed by atoms with Crippen molar-refractivity contribution in [1.82, 2.24) is 4.98 Å². The molecule has 6 atom stereocenters. The molecule has 4 heteroatoms. The second-order valence-corrected chi connectivity index (χ2v) is 10.8. The van der Waals surface area contributed by atoms with Gasteiger partial charge in [0.25, 0.3) is 0 Å². The minimum Gasteiger partial charge on any atom is -0.393 e. The summed E-state index contributed by atoms with van der Waals surface area (Å²) in [5, 5.41) is 24.5. The minimum absolute atomic E-state index is 0.0842. The Hall–Kier alpha value is -2.30. The van der Waals surface area contributed by atoms with Crippen LogP contribution in [0.1, 0.15) is 63.4 Å². The Bertz CT molecular complexity index is 1170. The lowest BCUT2D eigenvalue weighted by Gasteiger charge is -2.48. The second kappa shape index (κ2) is 7.10. The van der Waals surface area contributed by atoms with Crippen LogP contribution in [0.3, 0.4) is 0 Å². The molecule has 0 amide bonds. The summed E-state index contributed by atoms with van der Waals surface area (Å²) in [6, 6.07) is 8.29. The monoisotopic (exact) mass is 429 g/mol. The van der Waals surface area contributed by atoms with E-state index in [1.807, 2.05) is 12.3 Å². The molecule has 1 aromatic carbocycles. The largest absolute Gasteiger partial charge is 0.393 e. The third kappa shape index (κ3) is 2.89. The van der Waals surface area contributed by atoms with E-state index in [2.05, 4.69) is 42.3 Å². The van der Waals surface area contributed by atoms with Gasteiger partial charge < -0.3 is 10.2 Å². The molecule has 6 rings (SSSR count). The van der Waals surface area contributed by atoms with Crippen molar-refractivity contribution in [2.45, 2.75) is 69.5 Å². The first-order valence-corrected chi connectivity index (χ1v) is 12.1. The molecule has 32 heavy (non-hydrogen) atoms. The number of benzene rings is 1. The number of allylic oxidation sites excluding steroid dienone is 1. The van der Waals surface area contributed by atoms with E-state index in [0.717, 1.165) is 47.6 Å². The molecule has 4 nitrogen and oxygen atoms in total. The Morgan fingerprint density at radius 1 is 1.09 bits per heavy atom.